The molecule has 0 radical (unpaired) electrons. The highest BCUT2D eigenvalue weighted by molar-refractivity contribution is 7.91. The second-order valence-corrected chi connectivity index (χ2v) is 9.32. The SMILES string of the molecule is Cc1ccc(S(=O)(=O)c2nc(-c3ccccc3F)oc2Nc2cc(C)cc(C)c2)cc1. The van der Waals surface area contributed by atoms with Crippen LogP contribution in [-0.2, 0) is 9.84 Å². The van der Waals surface area contributed by atoms with Gasteiger partial charge in [-0.1, -0.05) is 35.9 Å². The number of rotatable bonds is 5. The minimum absolute atomic E-state index is 0.0659. The molecule has 7 heteroatoms. The van der Waals surface area contributed by atoms with Crippen molar-refractivity contribution in [1.29, 1.82) is 0 Å². The average molecular weight is 437 g/mol. The number of halogens is 1. The van der Waals surface area contributed by atoms with Crippen molar-refractivity contribution in [1.82, 2.24) is 4.98 Å². The van der Waals surface area contributed by atoms with Crippen LogP contribution in [0.1, 0.15) is 16.7 Å². The molecule has 0 saturated heterocycles. The average Bonchev–Trinajstić information content (AvgIpc) is 3.12. The molecule has 0 aliphatic heterocycles. The van der Waals surface area contributed by atoms with E-state index in [1.807, 2.05) is 39.0 Å². The number of anilines is 2. The smallest absolute Gasteiger partial charge is 0.238 e. The lowest BCUT2D eigenvalue weighted by molar-refractivity contribution is 0.572. The Kier molecular flexibility index (Phi) is 5.37. The third-order valence-electron chi connectivity index (χ3n) is 4.77. The van der Waals surface area contributed by atoms with E-state index in [0.29, 0.717) is 5.69 Å². The van der Waals surface area contributed by atoms with Crippen molar-refractivity contribution < 1.29 is 17.2 Å². The van der Waals surface area contributed by atoms with Crippen LogP contribution in [0.4, 0.5) is 16.0 Å². The van der Waals surface area contributed by atoms with Crippen molar-refractivity contribution in [2.24, 2.45) is 0 Å². The van der Waals surface area contributed by atoms with Gasteiger partial charge in [0.25, 0.3) is 0 Å². The summed E-state index contributed by atoms with van der Waals surface area (Å²) in [5, 5.41) is 2.72. The Morgan fingerprint density at radius 2 is 1.52 bits per heavy atom. The first-order chi connectivity index (χ1) is 14.7. The molecular formula is C24H21FN2O3S. The van der Waals surface area contributed by atoms with E-state index in [1.165, 1.54) is 24.3 Å². The highest BCUT2D eigenvalue weighted by Gasteiger charge is 2.29. The van der Waals surface area contributed by atoms with E-state index in [4.69, 9.17) is 4.42 Å². The fourth-order valence-corrected chi connectivity index (χ4v) is 4.58. The molecule has 3 aromatic carbocycles. The predicted molar refractivity (Wildman–Crippen MR) is 118 cm³/mol. The molecule has 0 aliphatic rings. The van der Waals surface area contributed by atoms with Gasteiger partial charge in [0.1, 0.15) is 5.82 Å². The molecule has 4 aromatic rings. The van der Waals surface area contributed by atoms with Crippen molar-refractivity contribution in [3.8, 4) is 11.5 Å². The highest BCUT2D eigenvalue weighted by atomic mass is 32.2. The summed E-state index contributed by atoms with van der Waals surface area (Å²) in [7, 11) is -4.02. The van der Waals surface area contributed by atoms with E-state index < -0.39 is 15.7 Å². The zero-order valence-electron chi connectivity index (χ0n) is 17.3. The zero-order valence-corrected chi connectivity index (χ0v) is 18.1. The summed E-state index contributed by atoms with van der Waals surface area (Å²) in [5.74, 6) is -0.736. The van der Waals surface area contributed by atoms with Crippen LogP contribution in [-0.4, -0.2) is 13.4 Å². The van der Waals surface area contributed by atoms with Gasteiger partial charge >= 0.3 is 0 Å². The maximum absolute atomic E-state index is 14.3. The Balaban J connectivity index is 1.88. The van der Waals surface area contributed by atoms with Gasteiger partial charge in [-0.25, -0.2) is 12.8 Å². The van der Waals surface area contributed by atoms with Gasteiger partial charge in [0, 0.05) is 5.69 Å². The molecule has 0 bridgehead atoms. The highest BCUT2D eigenvalue weighted by Crippen LogP contribution is 2.35. The first kappa shape index (κ1) is 20.8. The van der Waals surface area contributed by atoms with Gasteiger partial charge in [0.05, 0.1) is 10.5 Å². The summed E-state index contributed by atoms with van der Waals surface area (Å²) in [5.41, 5.74) is 3.66. The van der Waals surface area contributed by atoms with Crippen LogP contribution >= 0.6 is 0 Å². The van der Waals surface area contributed by atoms with Gasteiger partial charge in [-0.2, -0.15) is 4.98 Å². The lowest BCUT2D eigenvalue weighted by Crippen LogP contribution is -2.05. The fraction of sp³-hybridized carbons (Fsp3) is 0.125. The summed E-state index contributed by atoms with van der Waals surface area (Å²) >= 11 is 0. The number of sulfone groups is 1. The summed E-state index contributed by atoms with van der Waals surface area (Å²) in [6.07, 6.45) is 0. The third kappa shape index (κ3) is 4.22. The summed E-state index contributed by atoms with van der Waals surface area (Å²) in [4.78, 5) is 4.27. The number of benzene rings is 3. The van der Waals surface area contributed by atoms with Crippen molar-refractivity contribution in [3.63, 3.8) is 0 Å². The summed E-state index contributed by atoms with van der Waals surface area (Å²) in [6.45, 7) is 5.75. The largest absolute Gasteiger partial charge is 0.419 e. The first-order valence-electron chi connectivity index (χ1n) is 9.67. The zero-order chi connectivity index (χ0) is 22.2. The Hall–Kier alpha value is -3.45. The summed E-state index contributed by atoms with van der Waals surface area (Å²) in [6, 6.07) is 18.1. The summed E-state index contributed by atoms with van der Waals surface area (Å²) < 4.78 is 46.8. The minimum Gasteiger partial charge on any atom is -0.419 e. The van der Waals surface area contributed by atoms with Gasteiger partial charge < -0.3 is 9.73 Å². The molecule has 158 valence electrons. The normalized spacial score (nSPS) is 11.5. The lowest BCUT2D eigenvalue weighted by Gasteiger charge is -2.08. The van der Waals surface area contributed by atoms with Crippen LogP contribution in [0.25, 0.3) is 11.5 Å². The van der Waals surface area contributed by atoms with Crippen molar-refractivity contribution in [2.45, 2.75) is 30.7 Å². The number of aromatic nitrogens is 1. The Morgan fingerprint density at radius 1 is 0.871 bits per heavy atom. The molecule has 31 heavy (non-hydrogen) atoms. The van der Waals surface area contributed by atoms with E-state index in [0.717, 1.165) is 16.7 Å². The molecule has 5 nitrogen and oxygen atoms in total. The second kappa shape index (κ2) is 8.00. The quantitative estimate of drug-likeness (QED) is 0.416. The Bertz CT molecular complexity index is 1340. The van der Waals surface area contributed by atoms with Crippen LogP contribution in [0.15, 0.2) is 81.1 Å². The van der Waals surface area contributed by atoms with E-state index in [1.54, 1.807) is 24.3 Å². The molecule has 0 aliphatic carbocycles. The van der Waals surface area contributed by atoms with Crippen LogP contribution in [0.2, 0.25) is 0 Å². The molecule has 0 fully saturated rings. The second-order valence-electron chi connectivity index (χ2n) is 7.45. The minimum atomic E-state index is -4.02. The van der Waals surface area contributed by atoms with Crippen LogP contribution in [0.5, 0.6) is 0 Å². The maximum Gasteiger partial charge on any atom is 0.238 e. The van der Waals surface area contributed by atoms with E-state index in [-0.39, 0.29) is 27.3 Å². The number of nitrogens with one attached hydrogen (secondary N) is 1. The monoisotopic (exact) mass is 436 g/mol. The number of oxazole rings is 1. The molecule has 1 heterocycles. The van der Waals surface area contributed by atoms with Crippen LogP contribution in [0.3, 0.4) is 0 Å². The van der Waals surface area contributed by atoms with Crippen LogP contribution < -0.4 is 5.32 Å². The van der Waals surface area contributed by atoms with Gasteiger partial charge in [-0.15, -0.1) is 0 Å². The predicted octanol–water partition coefficient (Wildman–Crippen LogP) is 5.98. The van der Waals surface area contributed by atoms with Gasteiger partial charge in [0.2, 0.25) is 26.6 Å². The molecule has 1 N–H and O–H groups in total. The lowest BCUT2D eigenvalue weighted by atomic mass is 10.1. The number of hydrogen-bond acceptors (Lipinski definition) is 5. The van der Waals surface area contributed by atoms with Crippen LogP contribution in [0, 0.1) is 26.6 Å². The molecule has 0 saturated carbocycles. The molecule has 0 unspecified atom stereocenters. The molecule has 0 atom stereocenters. The number of hydrogen-bond donors (Lipinski definition) is 1. The van der Waals surface area contributed by atoms with E-state index in [2.05, 4.69) is 10.3 Å². The fourth-order valence-electron chi connectivity index (χ4n) is 3.32. The topological polar surface area (TPSA) is 72.2 Å². The molecule has 4 rings (SSSR count). The standard InChI is InChI=1S/C24H21FN2O3S/c1-15-8-10-19(11-9-15)31(28,29)24-23(26-18-13-16(2)12-17(3)14-18)30-22(27-24)20-6-4-5-7-21(20)25/h4-14,26H,1-3H3. The third-order valence-corrected chi connectivity index (χ3v) is 6.44. The molecule has 1 aromatic heterocycles. The van der Waals surface area contributed by atoms with E-state index >= 15 is 0 Å². The van der Waals surface area contributed by atoms with Crippen molar-refractivity contribution in [3.05, 3.63) is 89.2 Å². The molecule has 0 spiro atoms. The molecule has 0 amide bonds. The molecular weight excluding hydrogens is 415 g/mol. The number of aryl methyl sites for hydroxylation is 3. The van der Waals surface area contributed by atoms with E-state index in [9.17, 15) is 12.8 Å². The first-order valence-corrected chi connectivity index (χ1v) is 11.1. The van der Waals surface area contributed by atoms with Gasteiger partial charge in [-0.3, -0.25) is 0 Å². The van der Waals surface area contributed by atoms with Crippen molar-refractivity contribution >= 4 is 21.4 Å². The van der Waals surface area contributed by atoms with Gasteiger partial charge in [-0.05, 0) is 68.3 Å². The Labute approximate surface area is 180 Å². The maximum atomic E-state index is 14.3. The van der Waals surface area contributed by atoms with Gasteiger partial charge in [0.15, 0.2) is 0 Å². The van der Waals surface area contributed by atoms with Crippen molar-refractivity contribution in [2.75, 3.05) is 5.32 Å². The number of nitrogens with zero attached hydrogens (tertiary/aromatic N) is 1. The Morgan fingerprint density at radius 3 is 2.16 bits per heavy atom.